The fraction of sp³-hybridized carbons (Fsp3) is 0.643. The molecule has 1 heterocycles. The number of aromatic nitrogens is 1. The Morgan fingerprint density at radius 1 is 1.28 bits per heavy atom. The number of nitrogens with zero attached hydrogens (tertiary/aromatic N) is 1. The minimum absolute atomic E-state index is 0.00303. The van der Waals surface area contributed by atoms with Crippen molar-refractivity contribution in [3.63, 3.8) is 0 Å². The molecule has 1 rings (SSSR count). The highest BCUT2D eigenvalue weighted by Crippen LogP contribution is 2.15. The molecule has 18 heavy (non-hydrogen) atoms. The molecule has 0 radical (unpaired) electrons. The average molecular weight is 252 g/mol. The van der Waals surface area contributed by atoms with E-state index in [-0.39, 0.29) is 11.6 Å². The lowest BCUT2D eigenvalue weighted by molar-refractivity contribution is -0.0163. The summed E-state index contributed by atoms with van der Waals surface area (Å²) in [5.41, 5.74) is 6.66. The first-order valence-electron chi connectivity index (χ1n) is 6.40. The van der Waals surface area contributed by atoms with Gasteiger partial charge in [0.05, 0.1) is 24.1 Å². The number of ether oxygens (including phenoxy) is 2. The van der Waals surface area contributed by atoms with Gasteiger partial charge >= 0.3 is 0 Å². The molecule has 4 nitrogen and oxygen atoms in total. The van der Waals surface area contributed by atoms with E-state index in [0.29, 0.717) is 13.2 Å². The molecule has 4 heteroatoms. The molecule has 0 aliphatic carbocycles. The fourth-order valence-electron chi connectivity index (χ4n) is 1.41. The van der Waals surface area contributed by atoms with Crippen LogP contribution >= 0.6 is 0 Å². The van der Waals surface area contributed by atoms with Gasteiger partial charge in [0.25, 0.3) is 0 Å². The highest BCUT2D eigenvalue weighted by Gasteiger charge is 2.09. The number of hydrogen-bond donors (Lipinski definition) is 1. The summed E-state index contributed by atoms with van der Waals surface area (Å²) in [5, 5.41) is 0. The van der Waals surface area contributed by atoms with Crippen molar-refractivity contribution >= 4 is 0 Å². The molecule has 1 aromatic rings. The van der Waals surface area contributed by atoms with Crippen molar-refractivity contribution in [2.75, 3.05) is 13.2 Å². The largest absolute Gasteiger partial charge is 0.490 e. The number of rotatable bonds is 6. The van der Waals surface area contributed by atoms with Gasteiger partial charge in [-0.2, -0.15) is 0 Å². The van der Waals surface area contributed by atoms with Gasteiger partial charge < -0.3 is 15.2 Å². The van der Waals surface area contributed by atoms with Crippen molar-refractivity contribution in [3.05, 3.63) is 24.0 Å². The van der Waals surface area contributed by atoms with Crippen molar-refractivity contribution in [2.24, 2.45) is 5.73 Å². The molecule has 2 N–H and O–H groups in total. The summed E-state index contributed by atoms with van der Waals surface area (Å²) >= 11 is 0. The Morgan fingerprint density at radius 3 is 2.50 bits per heavy atom. The summed E-state index contributed by atoms with van der Waals surface area (Å²) in [5.74, 6) is 0.750. The summed E-state index contributed by atoms with van der Waals surface area (Å²) in [7, 11) is 0. The Morgan fingerprint density at radius 2 is 2.00 bits per heavy atom. The van der Waals surface area contributed by atoms with E-state index in [0.717, 1.165) is 17.9 Å². The minimum Gasteiger partial charge on any atom is -0.490 e. The van der Waals surface area contributed by atoms with E-state index >= 15 is 0 Å². The van der Waals surface area contributed by atoms with Crippen LogP contribution in [0, 0.1) is 0 Å². The van der Waals surface area contributed by atoms with Crippen LogP contribution in [-0.2, 0) is 4.74 Å². The van der Waals surface area contributed by atoms with Gasteiger partial charge in [0.1, 0.15) is 12.4 Å². The SMILES string of the molecule is CC[C@@H](N)c1ccc(OCCOC(C)(C)C)cn1. The molecule has 0 amide bonds. The summed E-state index contributed by atoms with van der Waals surface area (Å²) in [6, 6.07) is 3.81. The smallest absolute Gasteiger partial charge is 0.137 e. The fourth-order valence-corrected chi connectivity index (χ4v) is 1.41. The Bertz CT molecular complexity index is 344. The molecule has 1 aromatic heterocycles. The maximum Gasteiger partial charge on any atom is 0.137 e. The van der Waals surface area contributed by atoms with E-state index < -0.39 is 0 Å². The van der Waals surface area contributed by atoms with Crippen LogP contribution in [0.5, 0.6) is 5.75 Å². The van der Waals surface area contributed by atoms with Gasteiger partial charge in [-0.1, -0.05) is 6.92 Å². The molecular formula is C14H24N2O2. The Hall–Kier alpha value is -1.13. The van der Waals surface area contributed by atoms with Crippen LogP contribution in [0.1, 0.15) is 45.9 Å². The van der Waals surface area contributed by atoms with Crippen molar-refractivity contribution < 1.29 is 9.47 Å². The minimum atomic E-state index is -0.126. The molecule has 0 spiro atoms. The first-order chi connectivity index (χ1) is 8.42. The molecule has 102 valence electrons. The maximum absolute atomic E-state index is 5.89. The monoisotopic (exact) mass is 252 g/mol. The summed E-state index contributed by atoms with van der Waals surface area (Å²) in [6.45, 7) is 9.21. The molecule has 1 atom stereocenters. The van der Waals surface area contributed by atoms with Crippen LogP contribution in [0.15, 0.2) is 18.3 Å². The molecule has 0 saturated heterocycles. The zero-order valence-corrected chi connectivity index (χ0v) is 11.8. The van der Waals surface area contributed by atoms with Crippen molar-refractivity contribution in [1.29, 1.82) is 0 Å². The van der Waals surface area contributed by atoms with Crippen LogP contribution in [0.4, 0.5) is 0 Å². The topological polar surface area (TPSA) is 57.4 Å². The molecule has 0 unspecified atom stereocenters. The molecule has 0 aromatic carbocycles. The molecule has 0 aliphatic heterocycles. The van der Waals surface area contributed by atoms with Gasteiger partial charge in [-0.15, -0.1) is 0 Å². The van der Waals surface area contributed by atoms with Gasteiger partial charge in [-0.25, -0.2) is 0 Å². The lowest BCUT2D eigenvalue weighted by Crippen LogP contribution is -2.22. The predicted octanol–water partition coefficient (Wildman–Crippen LogP) is 2.69. The van der Waals surface area contributed by atoms with E-state index in [1.165, 1.54) is 0 Å². The van der Waals surface area contributed by atoms with Gasteiger partial charge in [-0.3, -0.25) is 4.98 Å². The van der Waals surface area contributed by atoms with E-state index in [9.17, 15) is 0 Å². The molecule has 0 aliphatic rings. The summed E-state index contributed by atoms with van der Waals surface area (Å²) in [4.78, 5) is 4.29. The van der Waals surface area contributed by atoms with Crippen LogP contribution in [0.25, 0.3) is 0 Å². The Labute approximate surface area is 110 Å². The normalized spacial score (nSPS) is 13.4. The quantitative estimate of drug-likeness (QED) is 0.791. The summed E-state index contributed by atoms with van der Waals surface area (Å²) < 4.78 is 11.1. The van der Waals surface area contributed by atoms with E-state index in [1.54, 1.807) is 6.20 Å². The zero-order chi connectivity index (χ0) is 13.6. The van der Waals surface area contributed by atoms with Crippen LogP contribution < -0.4 is 10.5 Å². The van der Waals surface area contributed by atoms with Crippen LogP contribution in [0.3, 0.4) is 0 Å². The van der Waals surface area contributed by atoms with Gasteiger partial charge in [-0.05, 0) is 39.3 Å². The van der Waals surface area contributed by atoms with Crippen molar-refractivity contribution in [2.45, 2.75) is 45.8 Å². The second-order valence-electron chi connectivity index (χ2n) is 5.24. The lowest BCUT2D eigenvalue weighted by atomic mass is 10.1. The first-order valence-corrected chi connectivity index (χ1v) is 6.40. The van der Waals surface area contributed by atoms with Gasteiger partial charge in [0, 0.05) is 6.04 Å². The Kier molecular flexibility index (Phi) is 5.56. The number of hydrogen-bond acceptors (Lipinski definition) is 4. The highest BCUT2D eigenvalue weighted by molar-refractivity contribution is 5.21. The third-order valence-electron chi connectivity index (χ3n) is 2.47. The Balaban J connectivity index is 2.35. The predicted molar refractivity (Wildman–Crippen MR) is 72.7 cm³/mol. The van der Waals surface area contributed by atoms with E-state index in [2.05, 4.69) is 4.98 Å². The zero-order valence-electron chi connectivity index (χ0n) is 11.8. The van der Waals surface area contributed by atoms with Crippen LogP contribution in [0.2, 0.25) is 0 Å². The van der Waals surface area contributed by atoms with Gasteiger partial charge in [0.15, 0.2) is 0 Å². The van der Waals surface area contributed by atoms with E-state index in [4.69, 9.17) is 15.2 Å². The first kappa shape index (κ1) is 14.9. The molecule has 0 bridgehead atoms. The third kappa shape index (κ3) is 5.47. The molecular weight excluding hydrogens is 228 g/mol. The van der Waals surface area contributed by atoms with E-state index in [1.807, 2.05) is 39.8 Å². The number of nitrogens with two attached hydrogens (primary N) is 1. The second-order valence-corrected chi connectivity index (χ2v) is 5.24. The molecule has 0 fully saturated rings. The van der Waals surface area contributed by atoms with Crippen molar-refractivity contribution in [1.82, 2.24) is 4.98 Å². The average Bonchev–Trinajstić information content (AvgIpc) is 2.33. The molecule has 0 saturated carbocycles. The lowest BCUT2D eigenvalue weighted by Gasteiger charge is -2.19. The highest BCUT2D eigenvalue weighted by atomic mass is 16.5. The van der Waals surface area contributed by atoms with Crippen molar-refractivity contribution in [3.8, 4) is 5.75 Å². The van der Waals surface area contributed by atoms with Crippen LogP contribution in [-0.4, -0.2) is 23.8 Å². The second kappa shape index (κ2) is 6.71. The van der Waals surface area contributed by atoms with Gasteiger partial charge in [0.2, 0.25) is 0 Å². The standard InChI is InChI=1S/C14H24N2O2/c1-5-12(15)13-7-6-11(10-16-13)17-8-9-18-14(2,3)4/h6-7,10,12H,5,8-9,15H2,1-4H3/t12-/m1/s1. The third-order valence-corrected chi connectivity index (χ3v) is 2.47. The number of pyridine rings is 1. The summed E-state index contributed by atoms with van der Waals surface area (Å²) in [6.07, 6.45) is 2.59. The maximum atomic E-state index is 5.89.